The Kier molecular flexibility index (Phi) is 4.82. The SMILES string of the molecule is O=C(C1=Cc2ccccc2C1)C1SCN[C@@H]1C(=O)N1CCC[C@H]1C=NO. The summed E-state index contributed by atoms with van der Waals surface area (Å²) < 4.78 is 0. The van der Waals surface area contributed by atoms with Gasteiger partial charge in [-0.2, -0.15) is 0 Å². The number of carbonyl (C=O) groups is 2. The Hall–Kier alpha value is -2.12. The van der Waals surface area contributed by atoms with Crippen molar-refractivity contribution in [2.75, 3.05) is 12.4 Å². The standard InChI is InChI=1S/C19H21N3O3S/c23-17(14-8-12-4-1-2-5-13(12)9-14)18-16(20-11-26-18)19(24)22-7-3-6-15(22)10-21-25/h1-2,4-5,8,10,15-16,18,20,25H,3,6-7,9,11H2/t15-,16-,18?/m0/s1. The second-order valence-electron chi connectivity index (χ2n) is 6.83. The Morgan fingerprint density at radius 3 is 3.00 bits per heavy atom. The molecule has 2 saturated heterocycles. The molecular weight excluding hydrogens is 350 g/mol. The van der Waals surface area contributed by atoms with Crippen molar-refractivity contribution in [2.45, 2.75) is 36.6 Å². The van der Waals surface area contributed by atoms with E-state index in [9.17, 15) is 9.59 Å². The zero-order chi connectivity index (χ0) is 18.1. The lowest BCUT2D eigenvalue weighted by Gasteiger charge is -2.27. The van der Waals surface area contributed by atoms with Crippen LogP contribution in [0.15, 0.2) is 35.0 Å². The van der Waals surface area contributed by atoms with Crippen molar-refractivity contribution in [1.82, 2.24) is 10.2 Å². The zero-order valence-electron chi connectivity index (χ0n) is 14.3. The summed E-state index contributed by atoms with van der Waals surface area (Å²) in [7, 11) is 0. The fraction of sp³-hybridized carbons (Fsp3) is 0.421. The summed E-state index contributed by atoms with van der Waals surface area (Å²) in [6.45, 7) is 0.632. The molecule has 0 aromatic heterocycles. The van der Waals surface area contributed by atoms with E-state index in [4.69, 9.17) is 5.21 Å². The number of allylic oxidation sites excluding steroid dienone is 1. The topological polar surface area (TPSA) is 82.0 Å². The number of carbonyl (C=O) groups excluding carboxylic acids is 2. The van der Waals surface area contributed by atoms with Gasteiger partial charge in [-0.15, -0.1) is 11.8 Å². The van der Waals surface area contributed by atoms with Crippen LogP contribution in [0.5, 0.6) is 0 Å². The van der Waals surface area contributed by atoms with Crippen LogP contribution in [-0.4, -0.2) is 57.8 Å². The number of ketones is 1. The first-order valence-corrected chi connectivity index (χ1v) is 9.89. The summed E-state index contributed by atoms with van der Waals surface area (Å²) in [6, 6.07) is 7.29. The van der Waals surface area contributed by atoms with Gasteiger partial charge in [0.25, 0.3) is 0 Å². The number of rotatable bonds is 4. The molecule has 0 radical (unpaired) electrons. The minimum atomic E-state index is -0.523. The van der Waals surface area contributed by atoms with Gasteiger partial charge in [-0.05, 0) is 30.0 Å². The van der Waals surface area contributed by atoms with E-state index in [0.29, 0.717) is 18.8 Å². The van der Waals surface area contributed by atoms with E-state index in [0.717, 1.165) is 29.5 Å². The second kappa shape index (κ2) is 7.25. The molecule has 2 heterocycles. The first-order valence-electron chi connectivity index (χ1n) is 8.85. The van der Waals surface area contributed by atoms with Gasteiger partial charge >= 0.3 is 0 Å². The first kappa shape index (κ1) is 17.3. The fourth-order valence-corrected chi connectivity index (χ4v) is 5.14. The molecule has 6 nitrogen and oxygen atoms in total. The summed E-state index contributed by atoms with van der Waals surface area (Å²) in [5.41, 5.74) is 3.03. The van der Waals surface area contributed by atoms with Gasteiger partial charge in [-0.25, -0.2) is 0 Å². The van der Waals surface area contributed by atoms with Crippen LogP contribution in [0, 0.1) is 0 Å². The molecule has 3 atom stereocenters. The number of Topliss-reactive ketones (excluding diaryl/α,β-unsaturated/α-hetero) is 1. The van der Waals surface area contributed by atoms with E-state index in [1.165, 1.54) is 18.0 Å². The maximum absolute atomic E-state index is 13.1. The lowest BCUT2D eigenvalue weighted by Crippen LogP contribution is -2.51. The van der Waals surface area contributed by atoms with Crippen molar-refractivity contribution in [3.63, 3.8) is 0 Å². The van der Waals surface area contributed by atoms with Gasteiger partial charge in [0.1, 0.15) is 6.04 Å². The average Bonchev–Trinajstić information content (AvgIpc) is 3.39. The Labute approximate surface area is 156 Å². The van der Waals surface area contributed by atoms with Crippen LogP contribution in [0.1, 0.15) is 24.0 Å². The van der Waals surface area contributed by atoms with Crippen molar-refractivity contribution in [2.24, 2.45) is 5.16 Å². The van der Waals surface area contributed by atoms with E-state index in [2.05, 4.69) is 10.5 Å². The van der Waals surface area contributed by atoms with Crippen LogP contribution in [0.3, 0.4) is 0 Å². The highest BCUT2D eigenvalue weighted by molar-refractivity contribution is 8.01. The van der Waals surface area contributed by atoms with Crippen LogP contribution < -0.4 is 5.32 Å². The number of likely N-dealkylation sites (tertiary alicyclic amines) is 1. The lowest BCUT2D eigenvalue weighted by molar-refractivity contribution is -0.134. The molecular formula is C19H21N3O3S. The maximum Gasteiger partial charge on any atom is 0.241 e. The van der Waals surface area contributed by atoms with E-state index < -0.39 is 11.3 Å². The van der Waals surface area contributed by atoms with Crippen molar-refractivity contribution in [1.29, 1.82) is 0 Å². The second-order valence-corrected chi connectivity index (χ2v) is 7.96. The molecule has 4 rings (SSSR count). The van der Waals surface area contributed by atoms with Gasteiger partial charge in [-0.3, -0.25) is 14.9 Å². The number of oxime groups is 1. The molecule has 7 heteroatoms. The lowest BCUT2D eigenvalue weighted by atomic mass is 10.0. The van der Waals surface area contributed by atoms with E-state index in [1.807, 2.05) is 30.3 Å². The molecule has 0 saturated carbocycles. The summed E-state index contributed by atoms with van der Waals surface area (Å²) in [6.07, 6.45) is 5.65. The zero-order valence-corrected chi connectivity index (χ0v) is 15.1. The molecule has 136 valence electrons. The third-order valence-corrected chi connectivity index (χ3v) is 6.48. The number of thioether (sulfide) groups is 1. The van der Waals surface area contributed by atoms with Crippen LogP contribution in [0.25, 0.3) is 6.08 Å². The number of nitrogens with one attached hydrogen (secondary N) is 1. The van der Waals surface area contributed by atoms with Gasteiger partial charge in [-0.1, -0.05) is 29.4 Å². The quantitative estimate of drug-likeness (QED) is 0.478. The highest BCUT2D eigenvalue weighted by Crippen LogP contribution is 2.32. The Balaban J connectivity index is 1.50. The van der Waals surface area contributed by atoms with Crippen LogP contribution in [-0.2, 0) is 16.0 Å². The molecule has 1 amide bonds. The van der Waals surface area contributed by atoms with E-state index in [1.54, 1.807) is 4.90 Å². The molecule has 1 aromatic rings. The van der Waals surface area contributed by atoms with Crippen molar-refractivity contribution in [3.05, 3.63) is 41.0 Å². The highest BCUT2D eigenvalue weighted by Gasteiger charge is 2.43. The molecule has 2 aliphatic heterocycles. The van der Waals surface area contributed by atoms with Gasteiger partial charge in [0, 0.05) is 24.4 Å². The molecule has 1 aliphatic carbocycles. The highest BCUT2D eigenvalue weighted by atomic mass is 32.2. The van der Waals surface area contributed by atoms with Gasteiger partial charge in [0.05, 0.1) is 17.5 Å². The molecule has 0 spiro atoms. The summed E-state index contributed by atoms with van der Waals surface area (Å²) in [4.78, 5) is 27.8. The monoisotopic (exact) mass is 371 g/mol. The van der Waals surface area contributed by atoms with Gasteiger partial charge in [0.2, 0.25) is 5.91 Å². The predicted octanol–water partition coefficient (Wildman–Crippen LogP) is 1.68. The van der Waals surface area contributed by atoms with E-state index in [-0.39, 0.29) is 17.7 Å². The Bertz CT molecular complexity index is 792. The number of fused-ring (bicyclic) bond motifs is 1. The third-order valence-electron chi connectivity index (χ3n) is 5.30. The molecule has 2 fully saturated rings. The van der Waals surface area contributed by atoms with Crippen LogP contribution in [0.4, 0.5) is 0 Å². The number of hydrogen-bond donors (Lipinski definition) is 2. The van der Waals surface area contributed by atoms with Crippen molar-refractivity contribution >= 4 is 35.7 Å². The van der Waals surface area contributed by atoms with Crippen LogP contribution in [0.2, 0.25) is 0 Å². The molecule has 1 unspecified atom stereocenters. The fourth-order valence-electron chi connectivity index (χ4n) is 3.97. The molecule has 3 aliphatic rings. The van der Waals surface area contributed by atoms with Gasteiger partial charge < -0.3 is 10.1 Å². The smallest absolute Gasteiger partial charge is 0.241 e. The number of amides is 1. The minimum Gasteiger partial charge on any atom is -0.411 e. The summed E-state index contributed by atoms with van der Waals surface area (Å²) >= 11 is 1.49. The third kappa shape index (κ3) is 3.05. The molecule has 2 N–H and O–H groups in total. The summed E-state index contributed by atoms with van der Waals surface area (Å²) in [5.74, 6) is 0.549. The normalized spacial score (nSPS) is 27.8. The number of benzene rings is 1. The number of hydrogen-bond acceptors (Lipinski definition) is 6. The minimum absolute atomic E-state index is 0.0427. The predicted molar refractivity (Wildman–Crippen MR) is 101 cm³/mol. The van der Waals surface area contributed by atoms with Gasteiger partial charge in [0.15, 0.2) is 5.78 Å². The van der Waals surface area contributed by atoms with Crippen molar-refractivity contribution in [3.8, 4) is 0 Å². The first-order chi connectivity index (χ1) is 12.7. The maximum atomic E-state index is 13.1. The molecule has 26 heavy (non-hydrogen) atoms. The summed E-state index contributed by atoms with van der Waals surface area (Å²) in [5, 5.41) is 14.7. The average molecular weight is 371 g/mol. The number of nitrogens with zero attached hydrogens (tertiary/aromatic N) is 2. The molecule has 0 bridgehead atoms. The van der Waals surface area contributed by atoms with Crippen molar-refractivity contribution < 1.29 is 14.8 Å². The van der Waals surface area contributed by atoms with Crippen LogP contribution >= 0.6 is 11.8 Å². The van der Waals surface area contributed by atoms with E-state index >= 15 is 0 Å². The largest absolute Gasteiger partial charge is 0.411 e. The Morgan fingerprint density at radius 2 is 2.19 bits per heavy atom. The Morgan fingerprint density at radius 1 is 1.35 bits per heavy atom. The molecule has 1 aromatic carbocycles.